The third-order valence-corrected chi connectivity index (χ3v) is 4.22. The van der Waals surface area contributed by atoms with Crippen LogP contribution in [0.2, 0.25) is 0 Å². The van der Waals surface area contributed by atoms with Crippen LogP contribution in [0.15, 0.2) is 24.3 Å². The molecule has 0 heterocycles. The fourth-order valence-corrected chi connectivity index (χ4v) is 2.67. The molecule has 8 heteroatoms. The number of ether oxygens (including phenoxy) is 1. The monoisotopic (exact) mass is 381 g/mol. The summed E-state index contributed by atoms with van der Waals surface area (Å²) >= 11 is 5.19. The quantitative estimate of drug-likeness (QED) is 0.560. The van der Waals surface area contributed by atoms with E-state index in [1.807, 2.05) is 24.3 Å². The Kier molecular flexibility index (Phi) is 8.84. The number of methoxy groups -OCH3 is 1. The summed E-state index contributed by atoms with van der Waals surface area (Å²) in [6.07, 6.45) is 0.164. The average Bonchev–Trinajstić information content (AvgIpc) is 2.59. The van der Waals surface area contributed by atoms with Crippen molar-refractivity contribution in [2.45, 2.75) is 32.9 Å². The first-order chi connectivity index (χ1) is 12.3. The molecule has 0 aromatic heterocycles. The molecule has 3 N–H and O–H groups in total. The van der Waals surface area contributed by atoms with Crippen LogP contribution in [-0.2, 0) is 16.1 Å². The molecule has 1 rings (SSSR count). The number of carbonyl (C=O) groups is 2. The summed E-state index contributed by atoms with van der Waals surface area (Å²) < 4.78 is 5.10. The molecule has 0 unspecified atom stereocenters. The molecule has 0 saturated heterocycles. The lowest BCUT2D eigenvalue weighted by molar-refractivity contribution is -0.150. The maximum atomic E-state index is 12.2. The van der Waals surface area contributed by atoms with Gasteiger partial charge in [-0.25, -0.2) is 4.79 Å². The topological polar surface area (TPSA) is 90.9 Å². The molecular formula is C18H27N3O4S. The molecular weight excluding hydrogens is 354 g/mol. The van der Waals surface area contributed by atoms with Crippen LogP contribution in [0.25, 0.3) is 0 Å². The van der Waals surface area contributed by atoms with Gasteiger partial charge in [0, 0.05) is 26.6 Å². The van der Waals surface area contributed by atoms with Crippen LogP contribution in [0.3, 0.4) is 0 Å². The van der Waals surface area contributed by atoms with Crippen molar-refractivity contribution in [2.24, 2.45) is 5.92 Å². The minimum atomic E-state index is -1.000. The Morgan fingerprint density at radius 2 is 1.85 bits per heavy atom. The third kappa shape index (κ3) is 6.87. The van der Waals surface area contributed by atoms with Crippen molar-refractivity contribution in [3.8, 4) is 5.75 Å². The Labute approximate surface area is 159 Å². The average molecular weight is 381 g/mol. The van der Waals surface area contributed by atoms with Crippen molar-refractivity contribution in [2.75, 3.05) is 20.7 Å². The number of carboxylic acid groups (broad SMARTS) is 1. The number of likely N-dealkylation sites (N-methyl/N-ethyl adjacent to an activating group) is 1. The summed E-state index contributed by atoms with van der Waals surface area (Å²) in [6.45, 7) is 4.44. The molecule has 0 aliphatic carbocycles. The first kappa shape index (κ1) is 21.7. The Bertz CT molecular complexity index is 619. The zero-order valence-corrected chi connectivity index (χ0v) is 16.4. The molecule has 0 aliphatic rings. The van der Waals surface area contributed by atoms with Crippen LogP contribution in [0, 0.1) is 5.92 Å². The predicted octanol–water partition coefficient (Wildman–Crippen LogP) is 1.62. The number of amides is 1. The fourth-order valence-electron chi connectivity index (χ4n) is 2.50. The highest BCUT2D eigenvalue weighted by molar-refractivity contribution is 7.80. The molecule has 0 spiro atoms. The van der Waals surface area contributed by atoms with E-state index in [0.717, 1.165) is 11.3 Å². The van der Waals surface area contributed by atoms with Gasteiger partial charge in [0.1, 0.15) is 11.8 Å². The van der Waals surface area contributed by atoms with Crippen molar-refractivity contribution in [1.82, 2.24) is 15.5 Å². The second-order valence-corrected chi connectivity index (χ2v) is 6.65. The molecule has 0 radical (unpaired) electrons. The molecule has 144 valence electrons. The second kappa shape index (κ2) is 10.6. The molecule has 0 fully saturated rings. The third-order valence-electron chi connectivity index (χ3n) is 3.93. The summed E-state index contributed by atoms with van der Waals surface area (Å²) in [5, 5.41) is 15.7. The highest BCUT2D eigenvalue weighted by Crippen LogP contribution is 2.11. The lowest BCUT2D eigenvalue weighted by Gasteiger charge is -2.27. The van der Waals surface area contributed by atoms with Gasteiger partial charge in [0.2, 0.25) is 5.91 Å². The number of hydrogen-bond acceptors (Lipinski definition) is 4. The van der Waals surface area contributed by atoms with E-state index in [-0.39, 0.29) is 18.2 Å². The highest BCUT2D eigenvalue weighted by atomic mass is 32.1. The number of benzene rings is 1. The zero-order chi connectivity index (χ0) is 19.7. The van der Waals surface area contributed by atoms with Gasteiger partial charge in [0.15, 0.2) is 5.11 Å². The molecule has 0 aliphatic heterocycles. The lowest BCUT2D eigenvalue weighted by atomic mass is 10.0. The van der Waals surface area contributed by atoms with Gasteiger partial charge in [0.25, 0.3) is 0 Å². The Balaban J connectivity index is 2.35. The van der Waals surface area contributed by atoms with Crippen molar-refractivity contribution in [1.29, 1.82) is 0 Å². The normalized spacial score (nSPS) is 11.6. The molecule has 1 amide bonds. The van der Waals surface area contributed by atoms with Crippen LogP contribution in [-0.4, -0.2) is 53.7 Å². The molecule has 1 atom stereocenters. The predicted molar refractivity (Wildman–Crippen MR) is 104 cm³/mol. The van der Waals surface area contributed by atoms with E-state index in [2.05, 4.69) is 10.6 Å². The van der Waals surface area contributed by atoms with Gasteiger partial charge < -0.3 is 25.4 Å². The minimum absolute atomic E-state index is 0.164. The van der Waals surface area contributed by atoms with Gasteiger partial charge in [-0.3, -0.25) is 4.79 Å². The Morgan fingerprint density at radius 3 is 2.35 bits per heavy atom. The number of hydrogen-bond donors (Lipinski definition) is 3. The Hall–Kier alpha value is -2.35. The van der Waals surface area contributed by atoms with Crippen molar-refractivity contribution in [3.05, 3.63) is 29.8 Å². The smallest absolute Gasteiger partial charge is 0.326 e. The molecule has 26 heavy (non-hydrogen) atoms. The van der Waals surface area contributed by atoms with Gasteiger partial charge in [0.05, 0.1) is 7.11 Å². The lowest BCUT2D eigenvalue weighted by Crippen LogP contribution is -2.46. The number of aliphatic carboxylic acids is 1. The summed E-state index contributed by atoms with van der Waals surface area (Å²) in [6, 6.07) is 6.78. The highest BCUT2D eigenvalue weighted by Gasteiger charge is 2.28. The molecule has 7 nitrogen and oxygen atoms in total. The van der Waals surface area contributed by atoms with Gasteiger partial charge in [-0.05, 0) is 35.8 Å². The second-order valence-electron chi connectivity index (χ2n) is 6.24. The fraction of sp³-hybridized carbons (Fsp3) is 0.500. The van der Waals surface area contributed by atoms with Gasteiger partial charge >= 0.3 is 5.97 Å². The summed E-state index contributed by atoms with van der Waals surface area (Å²) in [5.41, 5.74) is 1.05. The SMILES string of the molecule is COc1ccc(CNC(=S)NCCC(=O)N(C)[C@H](C(=O)O)C(C)C)cc1. The number of nitrogens with one attached hydrogen (secondary N) is 2. The van der Waals surface area contributed by atoms with Crippen LogP contribution < -0.4 is 15.4 Å². The molecule has 1 aromatic rings. The maximum absolute atomic E-state index is 12.2. The van der Waals surface area contributed by atoms with E-state index in [4.69, 9.17) is 17.0 Å². The van der Waals surface area contributed by atoms with Gasteiger partial charge in [-0.15, -0.1) is 0 Å². The first-order valence-corrected chi connectivity index (χ1v) is 8.80. The number of rotatable bonds is 9. The van der Waals surface area contributed by atoms with Crippen LogP contribution in [0.1, 0.15) is 25.8 Å². The van der Waals surface area contributed by atoms with E-state index < -0.39 is 12.0 Å². The van der Waals surface area contributed by atoms with Gasteiger partial charge in [-0.1, -0.05) is 26.0 Å². The molecule has 0 bridgehead atoms. The van der Waals surface area contributed by atoms with Crippen LogP contribution >= 0.6 is 12.2 Å². The van der Waals surface area contributed by atoms with E-state index in [1.165, 1.54) is 11.9 Å². The van der Waals surface area contributed by atoms with Crippen LogP contribution in [0.4, 0.5) is 0 Å². The van der Waals surface area contributed by atoms with Crippen molar-refractivity contribution >= 4 is 29.2 Å². The van der Waals surface area contributed by atoms with Gasteiger partial charge in [-0.2, -0.15) is 0 Å². The maximum Gasteiger partial charge on any atom is 0.326 e. The van der Waals surface area contributed by atoms with Crippen molar-refractivity contribution in [3.63, 3.8) is 0 Å². The largest absolute Gasteiger partial charge is 0.497 e. The number of nitrogens with zero attached hydrogens (tertiary/aromatic N) is 1. The number of thiocarbonyl (C=S) groups is 1. The van der Waals surface area contributed by atoms with E-state index in [1.54, 1.807) is 21.0 Å². The Morgan fingerprint density at radius 1 is 1.23 bits per heavy atom. The zero-order valence-electron chi connectivity index (χ0n) is 15.6. The summed E-state index contributed by atoms with van der Waals surface area (Å²) in [7, 11) is 3.13. The van der Waals surface area contributed by atoms with E-state index in [9.17, 15) is 14.7 Å². The van der Waals surface area contributed by atoms with Crippen molar-refractivity contribution < 1.29 is 19.4 Å². The van der Waals surface area contributed by atoms with E-state index >= 15 is 0 Å². The van der Waals surface area contributed by atoms with Crippen LogP contribution in [0.5, 0.6) is 5.75 Å². The number of carbonyl (C=O) groups excluding carboxylic acids is 1. The molecule has 1 aromatic carbocycles. The summed E-state index contributed by atoms with van der Waals surface area (Å²) in [4.78, 5) is 24.7. The summed E-state index contributed by atoms with van der Waals surface area (Å²) in [5.74, 6) is -0.614. The molecule has 0 saturated carbocycles. The first-order valence-electron chi connectivity index (χ1n) is 8.39. The number of carboxylic acids is 1. The minimum Gasteiger partial charge on any atom is -0.497 e. The van der Waals surface area contributed by atoms with E-state index in [0.29, 0.717) is 18.2 Å². The standard InChI is InChI=1S/C18H27N3O4S/c1-12(2)16(17(23)24)21(3)15(22)9-10-19-18(26)20-11-13-5-7-14(25-4)8-6-13/h5-8,12,16H,9-11H2,1-4H3,(H,23,24)(H2,19,20,26)/t16-/m0/s1.